The molecule has 13 heavy (non-hydrogen) atoms. The Morgan fingerprint density at radius 1 is 1.31 bits per heavy atom. The zero-order valence-corrected chi connectivity index (χ0v) is 10.1. The first-order valence-corrected chi connectivity index (χ1v) is 5.06. The quantitative estimate of drug-likeness (QED) is 0.565. The van der Waals surface area contributed by atoms with Crippen LogP contribution >= 0.6 is 34.8 Å². The Hall–Kier alpha value is 0.340. The van der Waals surface area contributed by atoms with Gasteiger partial charge in [-0.05, 0) is 20.3 Å². The maximum Gasteiger partial charge on any atom is 0.311 e. The van der Waals surface area contributed by atoms with E-state index in [-0.39, 0.29) is 12.6 Å². The van der Waals surface area contributed by atoms with Gasteiger partial charge in [0.05, 0.1) is 5.41 Å². The van der Waals surface area contributed by atoms with Crippen LogP contribution in [0.4, 0.5) is 0 Å². The number of hydrogen-bond acceptors (Lipinski definition) is 2. The lowest BCUT2D eigenvalue weighted by atomic mass is 9.91. The van der Waals surface area contributed by atoms with E-state index in [0.29, 0.717) is 6.42 Å². The molecule has 0 aliphatic heterocycles. The van der Waals surface area contributed by atoms with Gasteiger partial charge in [-0.3, -0.25) is 4.79 Å². The number of carbonyl (C=O) groups is 1. The van der Waals surface area contributed by atoms with E-state index in [4.69, 9.17) is 39.5 Å². The highest BCUT2D eigenvalue weighted by atomic mass is 35.6. The standard InChI is InChI=1S/C8H13Cl3O2/c1-4-7(2,3)6(12)13-5-8(9,10)11/h4-5H2,1-3H3. The summed E-state index contributed by atoms with van der Waals surface area (Å²) in [6.07, 6.45) is 0.686. The first kappa shape index (κ1) is 13.3. The van der Waals surface area contributed by atoms with Gasteiger partial charge in [0.1, 0.15) is 6.61 Å². The molecule has 0 saturated carbocycles. The fourth-order valence-corrected chi connectivity index (χ4v) is 0.651. The van der Waals surface area contributed by atoms with Crippen molar-refractivity contribution in [3.8, 4) is 0 Å². The number of esters is 1. The molecule has 0 saturated heterocycles. The normalized spacial score (nSPS) is 12.8. The van der Waals surface area contributed by atoms with Gasteiger partial charge in [-0.2, -0.15) is 0 Å². The van der Waals surface area contributed by atoms with Crippen molar-refractivity contribution >= 4 is 40.8 Å². The van der Waals surface area contributed by atoms with E-state index in [0.717, 1.165) is 0 Å². The van der Waals surface area contributed by atoms with Gasteiger partial charge in [0, 0.05) is 0 Å². The molecule has 0 bridgehead atoms. The number of halogens is 3. The fraction of sp³-hybridized carbons (Fsp3) is 0.875. The second kappa shape index (κ2) is 4.72. The molecular formula is C8H13Cl3O2. The maximum absolute atomic E-state index is 11.3. The van der Waals surface area contributed by atoms with Crippen LogP contribution < -0.4 is 0 Å². The van der Waals surface area contributed by atoms with Crippen molar-refractivity contribution in [3.63, 3.8) is 0 Å². The van der Waals surface area contributed by atoms with E-state index >= 15 is 0 Å². The molecule has 0 unspecified atom stereocenters. The van der Waals surface area contributed by atoms with E-state index in [1.807, 2.05) is 6.92 Å². The Bertz CT molecular complexity index is 184. The monoisotopic (exact) mass is 246 g/mol. The summed E-state index contributed by atoms with van der Waals surface area (Å²) in [5.74, 6) is -0.346. The van der Waals surface area contributed by atoms with Crippen LogP contribution in [0.5, 0.6) is 0 Å². The average molecular weight is 248 g/mol. The third-order valence-electron chi connectivity index (χ3n) is 1.80. The highest BCUT2D eigenvalue weighted by Gasteiger charge is 2.30. The molecule has 0 heterocycles. The zero-order chi connectivity index (χ0) is 10.7. The van der Waals surface area contributed by atoms with Crippen molar-refractivity contribution in [2.24, 2.45) is 5.41 Å². The largest absolute Gasteiger partial charge is 0.461 e. The minimum absolute atomic E-state index is 0.208. The molecule has 0 aromatic heterocycles. The van der Waals surface area contributed by atoms with Crippen molar-refractivity contribution in [2.45, 2.75) is 31.0 Å². The number of ether oxygens (including phenoxy) is 1. The van der Waals surface area contributed by atoms with Crippen molar-refractivity contribution in [1.29, 1.82) is 0 Å². The van der Waals surface area contributed by atoms with Crippen LogP contribution in [0.15, 0.2) is 0 Å². The second-order valence-electron chi connectivity index (χ2n) is 3.43. The highest BCUT2D eigenvalue weighted by molar-refractivity contribution is 6.67. The smallest absolute Gasteiger partial charge is 0.311 e. The summed E-state index contributed by atoms with van der Waals surface area (Å²) < 4.78 is 3.30. The van der Waals surface area contributed by atoms with E-state index < -0.39 is 9.21 Å². The summed E-state index contributed by atoms with van der Waals surface area (Å²) >= 11 is 16.3. The van der Waals surface area contributed by atoms with E-state index in [2.05, 4.69) is 0 Å². The Labute approximate surface area is 93.5 Å². The van der Waals surface area contributed by atoms with Crippen LogP contribution in [0.2, 0.25) is 0 Å². The summed E-state index contributed by atoms with van der Waals surface area (Å²) in [7, 11) is 0. The summed E-state index contributed by atoms with van der Waals surface area (Å²) in [5.41, 5.74) is -0.518. The molecule has 5 heteroatoms. The van der Waals surface area contributed by atoms with Crippen molar-refractivity contribution in [2.75, 3.05) is 6.61 Å². The highest BCUT2D eigenvalue weighted by Crippen LogP contribution is 2.28. The van der Waals surface area contributed by atoms with Crippen molar-refractivity contribution in [1.82, 2.24) is 0 Å². The molecule has 78 valence electrons. The van der Waals surface area contributed by atoms with Crippen LogP contribution in [-0.4, -0.2) is 16.4 Å². The van der Waals surface area contributed by atoms with Gasteiger partial charge in [-0.25, -0.2) is 0 Å². The van der Waals surface area contributed by atoms with Crippen molar-refractivity contribution < 1.29 is 9.53 Å². The molecule has 0 aliphatic rings. The molecule has 0 aromatic rings. The summed E-state index contributed by atoms with van der Waals surface area (Å²) in [4.78, 5) is 11.3. The SMILES string of the molecule is CCC(C)(C)C(=O)OCC(Cl)(Cl)Cl. The van der Waals surface area contributed by atoms with Crippen molar-refractivity contribution in [3.05, 3.63) is 0 Å². The van der Waals surface area contributed by atoms with Gasteiger partial charge < -0.3 is 4.74 Å². The summed E-state index contributed by atoms with van der Waals surface area (Å²) in [6, 6.07) is 0. The Balaban J connectivity index is 4.03. The lowest BCUT2D eigenvalue weighted by Crippen LogP contribution is -2.29. The van der Waals surface area contributed by atoms with Gasteiger partial charge in [0.2, 0.25) is 3.79 Å². The van der Waals surface area contributed by atoms with Crippen LogP contribution in [0.25, 0.3) is 0 Å². The van der Waals surface area contributed by atoms with Crippen LogP contribution in [-0.2, 0) is 9.53 Å². The van der Waals surface area contributed by atoms with Crippen LogP contribution in [0, 0.1) is 5.41 Å². The van der Waals surface area contributed by atoms with Gasteiger partial charge >= 0.3 is 5.97 Å². The first-order chi connectivity index (χ1) is 5.69. The lowest BCUT2D eigenvalue weighted by molar-refractivity contribution is -0.153. The number of carbonyl (C=O) groups excluding carboxylic acids is 1. The molecule has 0 aromatic carbocycles. The van der Waals surface area contributed by atoms with Crippen LogP contribution in [0.3, 0.4) is 0 Å². The third-order valence-corrected chi connectivity index (χ3v) is 2.13. The molecule has 0 aliphatic carbocycles. The molecule has 0 fully saturated rings. The first-order valence-electron chi connectivity index (χ1n) is 3.93. The molecule has 2 nitrogen and oxygen atoms in total. The predicted octanol–water partition coefficient (Wildman–Crippen LogP) is 3.34. The molecular weight excluding hydrogens is 234 g/mol. The van der Waals surface area contributed by atoms with Gasteiger partial charge in [-0.15, -0.1) is 0 Å². The van der Waals surface area contributed by atoms with E-state index in [1.165, 1.54) is 0 Å². The third kappa shape index (κ3) is 5.61. The molecule has 0 radical (unpaired) electrons. The Morgan fingerprint density at radius 3 is 2.08 bits per heavy atom. The molecule has 0 N–H and O–H groups in total. The maximum atomic E-state index is 11.3. The minimum atomic E-state index is -1.53. The Morgan fingerprint density at radius 2 is 1.77 bits per heavy atom. The summed E-state index contributed by atoms with van der Waals surface area (Å²) in [5, 5.41) is 0. The summed E-state index contributed by atoms with van der Waals surface area (Å²) in [6.45, 7) is 5.26. The minimum Gasteiger partial charge on any atom is -0.461 e. The number of hydrogen-bond donors (Lipinski definition) is 0. The molecule has 0 atom stereocenters. The van der Waals surface area contributed by atoms with E-state index in [1.54, 1.807) is 13.8 Å². The van der Waals surface area contributed by atoms with Gasteiger partial charge in [0.15, 0.2) is 0 Å². The molecule has 0 rings (SSSR count). The zero-order valence-electron chi connectivity index (χ0n) is 7.86. The number of rotatable bonds is 3. The molecule has 0 spiro atoms. The Kier molecular flexibility index (Phi) is 4.84. The predicted molar refractivity (Wildman–Crippen MR) is 55.3 cm³/mol. The van der Waals surface area contributed by atoms with E-state index in [9.17, 15) is 4.79 Å². The molecule has 0 amide bonds. The average Bonchev–Trinajstić information content (AvgIpc) is 1.98. The fourth-order valence-electron chi connectivity index (χ4n) is 0.487. The van der Waals surface area contributed by atoms with Gasteiger partial charge in [-0.1, -0.05) is 41.7 Å². The number of alkyl halides is 3. The van der Waals surface area contributed by atoms with Gasteiger partial charge in [0.25, 0.3) is 0 Å². The van der Waals surface area contributed by atoms with Crippen LogP contribution in [0.1, 0.15) is 27.2 Å². The lowest BCUT2D eigenvalue weighted by Gasteiger charge is -2.21. The topological polar surface area (TPSA) is 26.3 Å². The second-order valence-corrected chi connectivity index (χ2v) is 5.94.